The number of ketones is 1. The third-order valence-electron chi connectivity index (χ3n) is 3.17. The van der Waals surface area contributed by atoms with E-state index in [9.17, 15) is 14.7 Å². The summed E-state index contributed by atoms with van der Waals surface area (Å²) >= 11 is 0. The molecule has 0 aliphatic heterocycles. The van der Waals surface area contributed by atoms with Crippen molar-refractivity contribution in [3.05, 3.63) is 65.9 Å². The zero-order chi connectivity index (χ0) is 17.5. The number of hydrogen-bond donors (Lipinski definition) is 3. The van der Waals surface area contributed by atoms with Crippen LogP contribution in [0.2, 0.25) is 0 Å². The highest BCUT2D eigenvalue weighted by Crippen LogP contribution is 2.22. The summed E-state index contributed by atoms with van der Waals surface area (Å²) in [5.74, 6) is -0.833. The van der Waals surface area contributed by atoms with Crippen molar-refractivity contribution in [2.75, 3.05) is 10.6 Å². The number of para-hydroxylation sites is 2. The second kappa shape index (κ2) is 7.61. The van der Waals surface area contributed by atoms with E-state index < -0.39 is 5.91 Å². The number of nitrogens with zero attached hydrogens (tertiary/aromatic N) is 1. The van der Waals surface area contributed by atoms with Gasteiger partial charge in [0.1, 0.15) is 17.4 Å². The maximum absolute atomic E-state index is 12.1. The number of carbonyl (C=O) groups is 2. The third kappa shape index (κ3) is 4.21. The van der Waals surface area contributed by atoms with Gasteiger partial charge in [0, 0.05) is 17.5 Å². The zero-order valence-corrected chi connectivity index (χ0v) is 12.9. The van der Waals surface area contributed by atoms with Crippen LogP contribution in [-0.4, -0.2) is 16.8 Å². The van der Waals surface area contributed by atoms with E-state index in [1.54, 1.807) is 42.5 Å². The minimum atomic E-state index is -0.658. The predicted octanol–water partition coefficient (Wildman–Crippen LogP) is 3.05. The number of rotatable bonds is 5. The fraction of sp³-hybridized carbons (Fsp3) is 0.0556. The van der Waals surface area contributed by atoms with Crippen LogP contribution in [0.25, 0.3) is 0 Å². The molecule has 1 amide bonds. The SMILES string of the molecule is CC(=O)c1cccc(N/C=C(/C#N)C(=O)Nc2ccccc2O)c1. The third-order valence-corrected chi connectivity index (χ3v) is 3.17. The highest BCUT2D eigenvalue weighted by atomic mass is 16.3. The van der Waals surface area contributed by atoms with Crippen LogP contribution in [0.4, 0.5) is 11.4 Å². The lowest BCUT2D eigenvalue weighted by Gasteiger charge is -2.07. The van der Waals surface area contributed by atoms with Gasteiger partial charge in [-0.2, -0.15) is 5.26 Å². The number of Topliss-reactive ketones (excluding diaryl/α,β-unsaturated/α-hetero) is 1. The fourth-order valence-corrected chi connectivity index (χ4v) is 1.90. The first-order chi connectivity index (χ1) is 11.5. The molecule has 0 saturated carbocycles. The van der Waals surface area contributed by atoms with Crippen molar-refractivity contribution >= 4 is 23.1 Å². The lowest BCUT2D eigenvalue weighted by molar-refractivity contribution is -0.112. The van der Waals surface area contributed by atoms with Gasteiger partial charge in [-0.25, -0.2) is 0 Å². The quantitative estimate of drug-likeness (QED) is 0.340. The Balaban J connectivity index is 2.13. The molecule has 2 rings (SSSR count). The van der Waals surface area contributed by atoms with Crippen LogP contribution in [0.15, 0.2) is 60.3 Å². The van der Waals surface area contributed by atoms with Crippen molar-refractivity contribution in [1.82, 2.24) is 0 Å². The number of phenolic OH excluding ortho intramolecular Hbond substituents is 1. The summed E-state index contributed by atoms with van der Waals surface area (Å²) in [6.45, 7) is 1.45. The Morgan fingerprint density at radius 2 is 1.92 bits per heavy atom. The summed E-state index contributed by atoms with van der Waals surface area (Å²) < 4.78 is 0. The number of amides is 1. The molecule has 2 aromatic carbocycles. The molecule has 0 aliphatic rings. The number of aromatic hydroxyl groups is 1. The molecule has 3 N–H and O–H groups in total. The van der Waals surface area contributed by atoms with E-state index in [1.807, 2.05) is 0 Å². The summed E-state index contributed by atoms with van der Waals surface area (Å²) in [5, 5.41) is 24.0. The van der Waals surface area contributed by atoms with Gasteiger partial charge in [0.05, 0.1) is 5.69 Å². The Labute approximate surface area is 139 Å². The zero-order valence-electron chi connectivity index (χ0n) is 12.9. The molecule has 6 nitrogen and oxygen atoms in total. The number of hydrogen-bond acceptors (Lipinski definition) is 5. The van der Waals surface area contributed by atoms with Crippen LogP contribution in [0.1, 0.15) is 17.3 Å². The van der Waals surface area contributed by atoms with Crippen LogP contribution in [0.3, 0.4) is 0 Å². The molecule has 0 heterocycles. The molecule has 24 heavy (non-hydrogen) atoms. The molecule has 6 heteroatoms. The number of phenols is 1. The Bertz CT molecular complexity index is 851. The molecule has 0 aromatic heterocycles. The normalized spacial score (nSPS) is 10.6. The van der Waals surface area contributed by atoms with Crippen molar-refractivity contribution in [3.8, 4) is 11.8 Å². The van der Waals surface area contributed by atoms with E-state index in [0.29, 0.717) is 11.3 Å². The first-order valence-corrected chi connectivity index (χ1v) is 7.08. The Morgan fingerprint density at radius 1 is 1.17 bits per heavy atom. The Kier molecular flexibility index (Phi) is 5.32. The van der Waals surface area contributed by atoms with Gasteiger partial charge in [0.15, 0.2) is 5.78 Å². The summed E-state index contributed by atoms with van der Waals surface area (Å²) in [6.07, 6.45) is 1.24. The molecule has 0 spiro atoms. The number of benzene rings is 2. The van der Waals surface area contributed by atoms with E-state index in [4.69, 9.17) is 5.26 Å². The molecule has 120 valence electrons. The molecule has 0 saturated heterocycles. The molecule has 0 bridgehead atoms. The first kappa shape index (κ1) is 16.8. The van der Waals surface area contributed by atoms with Crippen molar-refractivity contribution < 1.29 is 14.7 Å². The van der Waals surface area contributed by atoms with Crippen LogP contribution in [0, 0.1) is 11.3 Å². The number of anilines is 2. The van der Waals surface area contributed by atoms with Gasteiger partial charge in [-0.3, -0.25) is 9.59 Å². The van der Waals surface area contributed by atoms with Crippen LogP contribution in [0.5, 0.6) is 5.75 Å². The maximum atomic E-state index is 12.1. The summed E-state index contributed by atoms with van der Waals surface area (Å²) in [7, 11) is 0. The Hall–Kier alpha value is -3.59. The average Bonchev–Trinajstić information content (AvgIpc) is 2.57. The molecular weight excluding hydrogens is 306 g/mol. The minimum Gasteiger partial charge on any atom is -0.506 e. The van der Waals surface area contributed by atoms with E-state index >= 15 is 0 Å². The summed E-state index contributed by atoms with van der Waals surface area (Å²) in [5.41, 5.74) is 1.13. The van der Waals surface area contributed by atoms with Gasteiger partial charge in [0.2, 0.25) is 0 Å². The van der Waals surface area contributed by atoms with Crippen molar-refractivity contribution in [1.29, 1.82) is 5.26 Å². The van der Waals surface area contributed by atoms with E-state index in [2.05, 4.69) is 10.6 Å². The first-order valence-electron chi connectivity index (χ1n) is 7.08. The lowest BCUT2D eigenvalue weighted by atomic mass is 10.1. The maximum Gasteiger partial charge on any atom is 0.267 e. The van der Waals surface area contributed by atoms with Crippen LogP contribution < -0.4 is 10.6 Å². The van der Waals surface area contributed by atoms with Gasteiger partial charge in [-0.05, 0) is 31.2 Å². The molecule has 2 aromatic rings. The van der Waals surface area contributed by atoms with E-state index in [-0.39, 0.29) is 22.8 Å². The van der Waals surface area contributed by atoms with Gasteiger partial charge >= 0.3 is 0 Å². The van der Waals surface area contributed by atoms with E-state index in [0.717, 1.165) is 0 Å². The fourth-order valence-electron chi connectivity index (χ4n) is 1.90. The predicted molar refractivity (Wildman–Crippen MR) is 90.5 cm³/mol. The van der Waals surface area contributed by atoms with Gasteiger partial charge in [-0.15, -0.1) is 0 Å². The van der Waals surface area contributed by atoms with Gasteiger partial charge < -0.3 is 15.7 Å². The topological polar surface area (TPSA) is 102 Å². The van der Waals surface area contributed by atoms with Crippen LogP contribution in [-0.2, 0) is 4.79 Å². The molecule has 0 radical (unpaired) electrons. The summed E-state index contributed by atoms with van der Waals surface area (Å²) in [6, 6.07) is 14.7. The second-order valence-corrected chi connectivity index (χ2v) is 4.92. The average molecular weight is 321 g/mol. The van der Waals surface area contributed by atoms with E-state index in [1.165, 1.54) is 25.3 Å². The number of carbonyl (C=O) groups excluding carboxylic acids is 2. The lowest BCUT2D eigenvalue weighted by Crippen LogP contribution is -2.14. The minimum absolute atomic E-state index is 0.0829. The number of nitriles is 1. The standard InChI is InChI=1S/C18H15N3O3/c1-12(22)13-5-4-6-15(9-13)20-11-14(10-19)18(24)21-16-7-2-3-8-17(16)23/h2-9,11,20,23H,1H3,(H,21,24)/b14-11-. The summed E-state index contributed by atoms with van der Waals surface area (Å²) in [4.78, 5) is 23.4. The van der Waals surface area contributed by atoms with Gasteiger partial charge in [-0.1, -0.05) is 24.3 Å². The van der Waals surface area contributed by atoms with Crippen molar-refractivity contribution in [2.45, 2.75) is 6.92 Å². The van der Waals surface area contributed by atoms with Crippen LogP contribution >= 0.6 is 0 Å². The molecule has 0 unspecified atom stereocenters. The molecule has 0 atom stereocenters. The van der Waals surface area contributed by atoms with Gasteiger partial charge in [0.25, 0.3) is 5.91 Å². The van der Waals surface area contributed by atoms with Crippen molar-refractivity contribution in [3.63, 3.8) is 0 Å². The molecule has 0 fully saturated rings. The molecule has 0 aliphatic carbocycles. The molecular formula is C18H15N3O3. The second-order valence-electron chi connectivity index (χ2n) is 4.92. The van der Waals surface area contributed by atoms with Crippen molar-refractivity contribution in [2.24, 2.45) is 0 Å². The monoisotopic (exact) mass is 321 g/mol. The smallest absolute Gasteiger partial charge is 0.267 e. The largest absolute Gasteiger partial charge is 0.506 e. The number of nitrogens with one attached hydrogen (secondary N) is 2. The highest BCUT2D eigenvalue weighted by Gasteiger charge is 2.11. The Morgan fingerprint density at radius 3 is 2.58 bits per heavy atom. The highest BCUT2D eigenvalue weighted by molar-refractivity contribution is 6.07.